The van der Waals surface area contributed by atoms with E-state index in [0.29, 0.717) is 6.42 Å². The molecule has 4 rings (SSSR count). The molecule has 154 valence electrons. The average molecular weight is 406 g/mol. The van der Waals surface area contributed by atoms with Gasteiger partial charge in [-0.15, -0.1) is 0 Å². The van der Waals surface area contributed by atoms with E-state index in [1.165, 1.54) is 0 Å². The lowest BCUT2D eigenvalue weighted by Crippen LogP contribution is -2.43. The maximum absolute atomic E-state index is 13.5. The van der Waals surface area contributed by atoms with Gasteiger partial charge in [-0.2, -0.15) is 13.2 Å². The molecular formula is C17H19F5N4O2. The number of hydrogen-bond donors (Lipinski definition) is 1. The molecule has 3 aliphatic rings. The predicted octanol–water partition coefficient (Wildman–Crippen LogP) is 3.10. The maximum atomic E-state index is 13.5. The number of likely N-dealkylation sites (tertiary alicyclic amines) is 1. The van der Waals surface area contributed by atoms with Crippen LogP contribution < -0.4 is 5.32 Å². The third kappa shape index (κ3) is 3.76. The van der Waals surface area contributed by atoms with Crippen LogP contribution in [-0.2, 0) is 10.9 Å². The Bertz CT molecular complexity index is 762. The zero-order chi connectivity index (χ0) is 20.1. The summed E-state index contributed by atoms with van der Waals surface area (Å²) in [6.45, 7) is -0.628. The highest BCUT2D eigenvalue weighted by Gasteiger charge is 2.43. The van der Waals surface area contributed by atoms with Gasteiger partial charge in [0.05, 0.1) is 23.8 Å². The van der Waals surface area contributed by atoms with Crippen LogP contribution in [0.15, 0.2) is 6.20 Å². The van der Waals surface area contributed by atoms with Crippen molar-refractivity contribution in [2.75, 3.05) is 18.4 Å². The molecule has 0 radical (unpaired) electrons. The van der Waals surface area contributed by atoms with Crippen LogP contribution in [0.1, 0.15) is 48.2 Å². The fourth-order valence-electron chi connectivity index (χ4n) is 3.99. The van der Waals surface area contributed by atoms with Gasteiger partial charge in [0.25, 0.3) is 11.8 Å². The fourth-order valence-corrected chi connectivity index (χ4v) is 3.99. The second-order valence-electron chi connectivity index (χ2n) is 7.46. The van der Waals surface area contributed by atoms with E-state index in [1.54, 1.807) is 0 Å². The highest BCUT2D eigenvalue weighted by atomic mass is 19.4. The molecule has 2 bridgehead atoms. The van der Waals surface area contributed by atoms with Crippen LogP contribution in [0.3, 0.4) is 0 Å². The number of aromatic nitrogens is 2. The number of hydrogen-bond acceptors (Lipinski definition) is 5. The smallest absolute Gasteiger partial charge is 0.373 e. The molecule has 1 amide bonds. The normalized spacial score (nSPS) is 29.2. The van der Waals surface area contributed by atoms with Crippen LogP contribution in [0.2, 0.25) is 0 Å². The molecule has 3 saturated heterocycles. The monoisotopic (exact) mass is 406 g/mol. The number of fused-ring (bicyclic) bond motifs is 2. The first-order chi connectivity index (χ1) is 13.1. The van der Waals surface area contributed by atoms with Gasteiger partial charge in [-0.1, -0.05) is 0 Å². The van der Waals surface area contributed by atoms with Crippen LogP contribution in [0.25, 0.3) is 0 Å². The lowest BCUT2D eigenvalue weighted by molar-refractivity contribution is -0.141. The van der Waals surface area contributed by atoms with Gasteiger partial charge in [0.1, 0.15) is 0 Å². The van der Waals surface area contributed by atoms with E-state index in [0.717, 1.165) is 23.9 Å². The molecule has 4 heterocycles. The first kappa shape index (κ1) is 19.3. The van der Waals surface area contributed by atoms with Crippen LogP contribution in [0, 0.1) is 0 Å². The molecule has 0 aliphatic carbocycles. The molecule has 3 atom stereocenters. The van der Waals surface area contributed by atoms with Gasteiger partial charge >= 0.3 is 6.18 Å². The molecule has 11 heteroatoms. The number of ether oxygens (including phenoxy) is 1. The maximum Gasteiger partial charge on any atom is 0.434 e. The summed E-state index contributed by atoms with van der Waals surface area (Å²) in [5, 5.41) is 2.87. The Morgan fingerprint density at radius 1 is 1.25 bits per heavy atom. The van der Waals surface area contributed by atoms with Crippen molar-refractivity contribution in [3.63, 3.8) is 0 Å². The summed E-state index contributed by atoms with van der Waals surface area (Å²) >= 11 is 0. The average Bonchev–Trinajstić information content (AvgIpc) is 3.23. The minimum atomic E-state index is -4.88. The first-order valence-corrected chi connectivity index (χ1v) is 9.16. The van der Waals surface area contributed by atoms with Gasteiger partial charge in [-0.05, 0) is 19.3 Å². The summed E-state index contributed by atoms with van der Waals surface area (Å²) in [5.74, 6) is -4.12. The molecule has 0 aromatic carbocycles. The summed E-state index contributed by atoms with van der Waals surface area (Å²) in [6, 6.07) is -0.175. The third-order valence-corrected chi connectivity index (χ3v) is 5.49. The number of alkyl halides is 5. The Hall–Kier alpha value is -2.04. The summed E-state index contributed by atoms with van der Waals surface area (Å²) in [5.41, 5.74) is -2.09. The number of nitrogens with zero attached hydrogens (tertiary/aromatic N) is 3. The molecule has 1 aromatic rings. The van der Waals surface area contributed by atoms with E-state index < -0.39 is 42.1 Å². The Balaban J connectivity index is 1.54. The number of anilines is 1. The molecule has 3 aliphatic heterocycles. The second kappa shape index (κ2) is 6.78. The third-order valence-electron chi connectivity index (χ3n) is 5.49. The number of halogens is 5. The molecule has 6 nitrogen and oxygen atoms in total. The van der Waals surface area contributed by atoms with Crippen molar-refractivity contribution in [3.05, 3.63) is 17.5 Å². The highest BCUT2D eigenvalue weighted by molar-refractivity contribution is 5.95. The number of nitrogens with one attached hydrogen (secondary N) is 1. The Morgan fingerprint density at radius 2 is 1.96 bits per heavy atom. The van der Waals surface area contributed by atoms with E-state index in [-0.39, 0.29) is 37.3 Å². The molecule has 0 unspecified atom stereocenters. The van der Waals surface area contributed by atoms with E-state index in [9.17, 15) is 26.7 Å². The van der Waals surface area contributed by atoms with Gasteiger partial charge in [0, 0.05) is 32.1 Å². The Morgan fingerprint density at radius 3 is 2.54 bits per heavy atom. The topological polar surface area (TPSA) is 67.3 Å². The molecular weight excluding hydrogens is 387 g/mol. The van der Waals surface area contributed by atoms with Gasteiger partial charge in [0.15, 0.2) is 5.69 Å². The molecule has 0 saturated carbocycles. The zero-order valence-corrected chi connectivity index (χ0v) is 14.8. The molecule has 3 fully saturated rings. The van der Waals surface area contributed by atoms with Gasteiger partial charge < -0.3 is 15.0 Å². The van der Waals surface area contributed by atoms with Crippen molar-refractivity contribution >= 4 is 11.9 Å². The number of piperidine rings is 1. The minimum Gasteiger partial charge on any atom is -0.373 e. The highest BCUT2D eigenvalue weighted by Crippen LogP contribution is 2.37. The van der Waals surface area contributed by atoms with Gasteiger partial charge in [-0.25, -0.2) is 18.7 Å². The summed E-state index contributed by atoms with van der Waals surface area (Å²) < 4.78 is 72.7. The van der Waals surface area contributed by atoms with Crippen molar-refractivity contribution in [1.82, 2.24) is 14.9 Å². The standard InChI is InChI=1S/C17H19F5N4O2/c18-16(19)3-5-26(6-4-16)14(27)10-8-23-15(25-13(10)17(20,21)22)24-11-7-9-1-2-12(11)28-9/h8-9,11-12H,1-7H2,(H,23,24,25)/t9-,11-,12+/m1/s1. The molecule has 1 N–H and O–H groups in total. The van der Waals surface area contributed by atoms with Gasteiger partial charge in [0.2, 0.25) is 5.95 Å². The van der Waals surface area contributed by atoms with E-state index in [4.69, 9.17) is 4.74 Å². The Labute approximate surface area is 157 Å². The lowest BCUT2D eigenvalue weighted by Gasteiger charge is -2.32. The minimum absolute atomic E-state index is 0.0840. The summed E-state index contributed by atoms with van der Waals surface area (Å²) in [7, 11) is 0. The zero-order valence-electron chi connectivity index (χ0n) is 14.8. The van der Waals surface area contributed by atoms with Crippen molar-refractivity contribution < 1.29 is 31.5 Å². The number of amides is 1. The van der Waals surface area contributed by atoms with E-state index >= 15 is 0 Å². The molecule has 1 aromatic heterocycles. The van der Waals surface area contributed by atoms with Crippen LogP contribution in [0.5, 0.6) is 0 Å². The Kier molecular flexibility index (Phi) is 4.67. The number of rotatable bonds is 3. The van der Waals surface area contributed by atoms with Crippen molar-refractivity contribution in [1.29, 1.82) is 0 Å². The second-order valence-corrected chi connectivity index (χ2v) is 7.46. The SMILES string of the molecule is O=C(c1cnc(N[C@@H]2C[C@H]3CC[C@@H]2O3)nc1C(F)(F)F)N1CCC(F)(F)CC1. The largest absolute Gasteiger partial charge is 0.434 e. The number of carbonyl (C=O) groups excluding carboxylic acids is 1. The van der Waals surface area contributed by atoms with Crippen molar-refractivity contribution in [2.45, 2.75) is 62.5 Å². The predicted molar refractivity (Wildman–Crippen MR) is 87.0 cm³/mol. The summed E-state index contributed by atoms with van der Waals surface area (Å²) in [4.78, 5) is 20.9. The van der Waals surface area contributed by atoms with E-state index in [1.807, 2.05) is 0 Å². The number of carbonyl (C=O) groups is 1. The van der Waals surface area contributed by atoms with Crippen LogP contribution in [0.4, 0.5) is 27.9 Å². The van der Waals surface area contributed by atoms with Gasteiger partial charge in [-0.3, -0.25) is 4.79 Å². The van der Waals surface area contributed by atoms with Crippen molar-refractivity contribution in [3.8, 4) is 0 Å². The fraction of sp³-hybridized carbons (Fsp3) is 0.706. The first-order valence-electron chi connectivity index (χ1n) is 9.16. The van der Waals surface area contributed by atoms with Crippen molar-refractivity contribution in [2.24, 2.45) is 0 Å². The molecule has 28 heavy (non-hydrogen) atoms. The van der Waals surface area contributed by atoms with Crippen LogP contribution >= 0.6 is 0 Å². The quantitative estimate of drug-likeness (QED) is 0.782. The molecule has 0 spiro atoms. The summed E-state index contributed by atoms with van der Waals surface area (Å²) in [6.07, 6.45) is -2.78. The van der Waals surface area contributed by atoms with E-state index in [2.05, 4.69) is 15.3 Å². The lowest BCUT2D eigenvalue weighted by atomic mass is 9.96. The van der Waals surface area contributed by atoms with Crippen LogP contribution in [-0.4, -0.2) is 58.0 Å².